The molecule has 0 spiro atoms. The Morgan fingerprint density at radius 2 is 2.05 bits per heavy atom. The molecule has 2 rings (SSSR count). The van der Waals surface area contributed by atoms with Gasteiger partial charge in [-0.05, 0) is 44.3 Å². The Balaban J connectivity index is 2.19. The first-order valence-corrected chi connectivity index (χ1v) is 7.16. The molecule has 2 nitrogen and oxygen atoms in total. The minimum Gasteiger partial charge on any atom is -0.367 e. The van der Waals surface area contributed by atoms with Crippen LogP contribution in [0.2, 0.25) is 0 Å². The largest absolute Gasteiger partial charge is 0.367 e. The summed E-state index contributed by atoms with van der Waals surface area (Å²) in [7, 11) is 4.03. The molecule has 1 fully saturated rings. The van der Waals surface area contributed by atoms with Gasteiger partial charge in [-0.2, -0.15) is 12.6 Å². The molecule has 1 aliphatic heterocycles. The molecular formula is C14H20F2N2S. The summed E-state index contributed by atoms with van der Waals surface area (Å²) < 4.78 is 28.0. The van der Waals surface area contributed by atoms with E-state index in [1.54, 1.807) is 0 Å². The maximum atomic E-state index is 14.1. The van der Waals surface area contributed by atoms with Gasteiger partial charge in [-0.15, -0.1) is 0 Å². The number of anilines is 1. The van der Waals surface area contributed by atoms with Gasteiger partial charge >= 0.3 is 0 Å². The fourth-order valence-electron chi connectivity index (χ4n) is 2.51. The molecule has 1 aliphatic rings. The Morgan fingerprint density at radius 1 is 1.32 bits per heavy atom. The van der Waals surface area contributed by atoms with Gasteiger partial charge in [-0.25, -0.2) is 8.78 Å². The molecular weight excluding hydrogens is 266 g/mol. The van der Waals surface area contributed by atoms with Gasteiger partial charge in [-0.3, -0.25) is 0 Å². The SMILES string of the molecule is CN(C)[C@H]1CCN(c2cc(F)c(CCS)cc2F)C1. The van der Waals surface area contributed by atoms with Crippen LogP contribution in [0.4, 0.5) is 14.5 Å². The van der Waals surface area contributed by atoms with Crippen LogP contribution in [-0.4, -0.2) is 43.9 Å². The molecule has 0 radical (unpaired) electrons. The average Bonchev–Trinajstić information content (AvgIpc) is 2.83. The number of benzene rings is 1. The lowest BCUT2D eigenvalue weighted by atomic mass is 10.1. The molecule has 1 atom stereocenters. The first kappa shape index (κ1) is 14.6. The zero-order chi connectivity index (χ0) is 14.0. The van der Waals surface area contributed by atoms with Gasteiger partial charge in [0.1, 0.15) is 11.6 Å². The fourth-order valence-corrected chi connectivity index (χ4v) is 2.75. The van der Waals surface area contributed by atoms with Crippen molar-refractivity contribution in [3.05, 3.63) is 29.3 Å². The molecule has 19 heavy (non-hydrogen) atoms. The highest BCUT2D eigenvalue weighted by molar-refractivity contribution is 7.80. The van der Waals surface area contributed by atoms with E-state index in [2.05, 4.69) is 17.5 Å². The molecule has 0 aliphatic carbocycles. The van der Waals surface area contributed by atoms with E-state index in [-0.39, 0.29) is 11.6 Å². The number of likely N-dealkylation sites (N-methyl/N-ethyl adjacent to an activating group) is 1. The maximum Gasteiger partial charge on any atom is 0.146 e. The van der Waals surface area contributed by atoms with E-state index >= 15 is 0 Å². The Labute approximate surface area is 118 Å². The molecule has 1 heterocycles. The molecule has 1 aromatic carbocycles. The van der Waals surface area contributed by atoms with Crippen molar-refractivity contribution in [1.82, 2.24) is 4.90 Å². The van der Waals surface area contributed by atoms with Crippen LogP contribution in [0.25, 0.3) is 0 Å². The number of hydrogen-bond acceptors (Lipinski definition) is 3. The van der Waals surface area contributed by atoms with Gasteiger partial charge in [0.15, 0.2) is 0 Å². The number of thiol groups is 1. The predicted molar refractivity (Wildman–Crippen MR) is 78.2 cm³/mol. The van der Waals surface area contributed by atoms with E-state index in [9.17, 15) is 8.78 Å². The highest BCUT2D eigenvalue weighted by Crippen LogP contribution is 2.27. The van der Waals surface area contributed by atoms with Gasteiger partial charge in [-0.1, -0.05) is 0 Å². The number of hydrogen-bond donors (Lipinski definition) is 1. The van der Waals surface area contributed by atoms with Gasteiger partial charge in [0, 0.05) is 25.2 Å². The predicted octanol–water partition coefficient (Wildman–Crippen LogP) is 2.58. The molecule has 0 unspecified atom stereocenters. The van der Waals surface area contributed by atoms with Crippen LogP contribution < -0.4 is 4.90 Å². The maximum absolute atomic E-state index is 14.1. The minimum absolute atomic E-state index is 0.334. The van der Waals surface area contributed by atoms with Crippen LogP contribution in [-0.2, 0) is 6.42 Å². The van der Waals surface area contributed by atoms with Crippen LogP contribution >= 0.6 is 12.6 Å². The van der Waals surface area contributed by atoms with Crippen molar-refractivity contribution in [1.29, 1.82) is 0 Å². The first-order valence-electron chi connectivity index (χ1n) is 6.53. The van der Waals surface area contributed by atoms with E-state index in [1.165, 1.54) is 12.1 Å². The van der Waals surface area contributed by atoms with Gasteiger partial charge < -0.3 is 9.80 Å². The normalized spacial score (nSPS) is 19.5. The van der Waals surface area contributed by atoms with Gasteiger partial charge in [0.2, 0.25) is 0 Å². The van der Waals surface area contributed by atoms with Crippen molar-refractivity contribution in [2.75, 3.05) is 37.8 Å². The second-order valence-electron chi connectivity index (χ2n) is 5.22. The number of rotatable bonds is 4. The highest BCUT2D eigenvalue weighted by atomic mass is 32.1. The Bertz CT molecular complexity index is 451. The summed E-state index contributed by atoms with van der Waals surface area (Å²) in [6.45, 7) is 1.51. The summed E-state index contributed by atoms with van der Waals surface area (Å²) in [4.78, 5) is 4.05. The third-order valence-corrected chi connectivity index (χ3v) is 3.95. The number of aryl methyl sites for hydroxylation is 1. The van der Waals surface area contributed by atoms with Gasteiger partial charge in [0.25, 0.3) is 0 Å². The van der Waals surface area contributed by atoms with Crippen LogP contribution in [0, 0.1) is 11.6 Å². The summed E-state index contributed by atoms with van der Waals surface area (Å²) >= 11 is 4.06. The van der Waals surface area contributed by atoms with Gasteiger partial charge in [0.05, 0.1) is 5.69 Å². The monoisotopic (exact) mass is 286 g/mol. The van der Waals surface area contributed by atoms with Crippen LogP contribution in [0.15, 0.2) is 12.1 Å². The second kappa shape index (κ2) is 6.09. The quantitative estimate of drug-likeness (QED) is 0.850. The van der Waals surface area contributed by atoms with Crippen LogP contribution in [0.1, 0.15) is 12.0 Å². The first-order chi connectivity index (χ1) is 9.02. The molecule has 0 N–H and O–H groups in total. The van der Waals surface area contributed by atoms with Crippen molar-refractivity contribution in [2.24, 2.45) is 0 Å². The molecule has 1 saturated heterocycles. The molecule has 0 amide bonds. The van der Waals surface area contributed by atoms with Crippen molar-refractivity contribution in [3.63, 3.8) is 0 Å². The van der Waals surface area contributed by atoms with Crippen molar-refractivity contribution >= 4 is 18.3 Å². The van der Waals surface area contributed by atoms with Crippen molar-refractivity contribution in [2.45, 2.75) is 18.9 Å². The number of nitrogens with zero attached hydrogens (tertiary/aromatic N) is 2. The standard InChI is InChI=1S/C14H20F2N2S/c1-17(2)11-3-5-18(9-11)14-8-12(15)10(4-6-19)7-13(14)16/h7-8,11,19H,3-6,9H2,1-2H3/t11-/m0/s1. The highest BCUT2D eigenvalue weighted by Gasteiger charge is 2.26. The summed E-state index contributed by atoms with van der Waals surface area (Å²) in [6, 6.07) is 3.04. The Kier molecular flexibility index (Phi) is 4.68. The summed E-state index contributed by atoms with van der Waals surface area (Å²) in [6.07, 6.45) is 1.43. The summed E-state index contributed by atoms with van der Waals surface area (Å²) in [5.41, 5.74) is 0.782. The van der Waals surface area contributed by atoms with E-state index in [0.29, 0.717) is 29.5 Å². The van der Waals surface area contributed by atoms with E-state index < -0.39 is 0 Å². The topological polar surface area (TPSA) is 6.48 Å². The lowest BCUT2D eigenvalue weighted by Gasteiger charge is -2.22. The Hall–Kier alpha value is -0.810. The van der Waals surface area contributed by atoms with E-state index in [0.717, 1.165) is 19.5 Å². The van der Waals surface area contributed by atoms with Crippen molar-refractivity contribution < 1.29 is 8.78 Å². The summed E-state index contributed by atoms with van der Waals surface area (Å²) in [5.74, 6) is -0.154. The lowest BCUT2D eigenvalue weighted by molar-refractivity contribution is 0.315. The lowest BCUT2D eigenvalue weighted by Crippen LogP contribution is -2.31. The molecule has 106 valence electrons. The molecule has 5 heteroatoms. The zero-order valence-electron chi connectivity index (χ0n) is 11.4. The molecule has 0 aromatic heterocycles. The Morgan fingerprint density at radius 3 is 2.63 bits per heavy atom. The average molecular weight is 286 g/mol. The number of halogens is 2. The zero-order valence-corrected chi connectivity index (χ0v) is 12.3. The van der Waals surface area contributed by atoms with Crippen LogP contribution in [0.3, 0.4) is 0 Å². The van der Waals surface area contributed by atoms with Crippen molar-refractivity contribution in [3.8, 4) is 0 Å². The summed E-state index contributed by atoms with van der Waals surface area (Å²) in [5, 5.41) is 0. The minimum atomic E-state index is -0.336. The van der Waals surface area contributed by atoms with E-state index in [4.69, 9.17) is 0 Å². The molecule has 1 aromatic rings. The molecule has 0 bridgehead atoms. The third kappa shape index (κ3) is 3.20. The second-order valence-corrected chi connectivity index (χ2v) is 5.67. The van der Waals surface area contributed by atoms with Crippen LogP contribution in [0.5, 0.6) is 0 Å². The smallest absolute Gasteiger partial charge is 0.146 e. The fraction of sp³-hybridized carbons (Fsp3) is 0.571. The molecule has 0 saturated carbocycles. The van der Waals surface area contributed by atoms with E-state index in [1.807, 2.05) is 19.0 Å². The third-order valence-electron chi connectivity index (χ3n) is 3.73.